The summed E-state index contributed by atoms with van der Waals surface area (Å²) in [5, 5.41) is 4.35. The maximum absolute atomic E-state index is 12.4. The molecule has 2 heterocycles. The number of rotatable bonds is 2. The van der Waals surface area contributed by atoms with Gasteiger partial charge in [-0.2, -0.15) is 5.01 Å². The average Bonchev–Trinajstić information content (AvgIpc) is 2.93. The van der Waals surface area contributed by atoms with Crippen molar-refractivity contribution in [1.82, 2.24) is 5.01 Å². The second kappa shape index (κ2) is 5.98. The zero-order valence-electron chi connectivity index (χ0n) is 14.4. The number of nitrogens with two attached hydrogens (primary N) is 1. The Morgan fingerprint density at radius 3 is 2.46 bits per heavy atom. The minimum absolute atomic E-state index is 0.124. The van der Waals surface area contributed by atoms with E-state index in [1.165, 1.54) is 5.01 Å². The predicted molar refractivity (Wildman–Crippen MR) is 97.6 cm³/mol. The molecule has 2 aromatic rings. The first-order valence-corrected chi connectivity index (χ1v) is 8.47. The first-order valence-electron chi connectivity index (χ1n) is 8.47. The predicted octanol–water partition coefficient (Wildman–Crippen LogP) is 1.68. The molecule has 4 rings (SSSR count). The maximum Gasteiger partial charge on any atom is 0.248 e. The number of carbonyl (C=O) groups excluding carboxylic acids is 3. The summed E-state index contributed by atoms with van der Waals surface area (Å²) in [6, 6.07) is 9.58. The molecule has 2 aromatic carbocycles. The van der Waals surface area contributed by atoms with Crippen LogP contribution in [0.2, 0.25) is 0 Å². The third-order valence-electron chi connectivity index (χ3n) is 4.90. The lowest BCUT2D eigenvalue weighted by Gasteiger charge is -2.33. The molecule has 1 saturated heterocycles. The summed E-state index contributed by atoms with van der Waals surface area (Å²) >= 11 is 0. The Balaban J connectivity index is 1.94. The number of benzene rings is 2. The summed E-state index contributed by atoms with van der Waals surface area (Å²) in [6.45, 7) is 0.436. The van der Waals surface area contributed by atoms with Crippen molar-refractivity contribution in [3.63, 3.8) is 0 Å². The summed E-state index contributed by atoms with van der Waals surface area (Å²) in [6.07, 6.45) is 1.09. The molecule has 0 aromatic heterocycles. The van der Waals surface area contributed by atoms with Crippen molar-refractivity contribution < 1.29 is 14.4 Å². The van der Waals surface area contributed by atoms with Gasteiger partial charge in [0.25, 0.3) is 0 Å². The molecule has 0 bridgehead atoms. The highest BCUT2D eigenvalue weighted by Crippen LogP contribution is 2.46. The zero-order valence-corrected chi connectivity index (χ0v) is 14.4. The molecule has 0 saturated carbocycles. The Bertz CT molecular complexity index is 978. The number of hydrogen-bond acceptors (Lipinski definition) is 6. The Kier molecular flexibility index (Phi) is 3.76. The fourth-order valence-electron chi connectivity index (χ4n) is 3.64. The summed E-state index contributed by atoms with van der Waals surface area (Å²) in [4.78, 5) is 38.2. The van der Waals surface area contributed by atoms with E-state index in [1.54, 1.807) is 11.9 Å². The number of anilines is 2. The van der Waals surface area contributed by atoms with Gasteiger partial charge in [-0.05, 0) is 29.5 Å². The van der Waals surface area contributed by atoms with E-state index >= 15 is 0 Å². The van der Waals surface area contributed by atoms with E-state index in [-0.39, 0.29) is 30.5 Å². The quantitative estimate of drug-likeness (QED) is 0.655. The number of fused-ring (bicyclic) bond motifs is 3. The molecule has 0 aliphatic carbocycles. The van der Waals surface area contributed by atoms with Crippen LogP contribution < -0.4 is 15.6 Å². The lowest BCUT2D eigenvalue weighted by molar-refractivity contribution is -0.148. The highest BCUT2D eigenvalue weighted by atomic mass is 16.2. The molecular formula is C19H18N4O3. The molecule has 2 aliphatic rings. The topological polar surface area (TPSA) is 87.0 Å². The van der Waals surface area contributed by atoms with Gasteiger partial charge in [-0.25, -0.2) is 9.80 Å². The Labute approximate surface area is 150 Å². The monoisotopic (exact) mass is 350 g/mol. The molecule has 0 unspecified atom stereocenters. The standard InChI is InChI=1S/C19H18N4O3/c1-21-16(11-24)22(23-17(25)3-2-4-18(23)26)15-8-6-13-9-12(10-20)5-7-14(13)19(15)21/h5-9H,2-4,10,20H2,1H3. The number of hydrogen-bond donors (Lipinski definition) is 1. The maximum atomic E-state index is 12.4. The first kappa shape index (κ1) is 16.3. The molecule has 2 N–H and O–H groups in total. The van der Waals surface area contributed by atoms with Crippen LogP contribution in [0.25, 0.3) is 10.8 Å². The number of imide groups is 1. The Morgan fingerprint density at radius 2 is 1.81 bits per heavy atom. The second-order valence-corrected chi connectivity index (χ2v) is 6.44. The molecule has 0 atom stereocenters. The molecular weight excluding hydrogens is 332 g/mol. The van der Waals surface area contributed by atoms with Gasteiger partial charge in [-0.1, -0.05) is 18.2 Å². The molecule has 0 radical (unpaired) electrons. The van der Waals surface area contributed by atoms with Crippen LogP contribution in [0.5, 0.6) is 0 Å². The van der Waals surface area contributed by atoms with E-state index < -0.39 is 0 Å². The van der Waals surface area contributed by atoms with Crippen LogP contribution in [0.4, 0.5) is 11.4 Å². The van der Waals surface area contributed by atoms with Crippen molar-refractivity contribution in [2.24, 2.45) is 5.73 Å². The largest absolute Gasteiger partial charge is 0.326 e. The normalized spacial score (nSPS) is 17.2. The highest BCUT2D eigenvalue weighted by Gasteiger charge is 2.41. The zero-order chi connectivity index (χ0) is 18.4. The smallest absolute Gasteiger partial charge is 0.248 e. The van der Waals surface area contributed by atoms with E-state index in [0.717, 1.165) is 27.0 Å². The van der Waals surface area contributed by atoms with Crippen molar-refractivity contribution >= 4 is 39.9 Å². The fraction of sp³-hybridized carbons (Fsp3) is 0.263. The van der Waals surface area contributed by atoms with E-state index in [4.69, 9.17) is 5.73 Å². The number of piperidine rings is 1. The molecule has 1 fully saturated rings. The number of amides is 2. The molecule has 132 valence electrons. The number of hydrazine groups is 1. The van der Waals surface area contributed by atoms with Gasteiger partial charge in [-0.15, -0.1) is 0 Å². The Hall–Kier alpha value is -3.15. The Morgan fingerprint density at radius 1 is 1.08 bits per heavy atom. The van der Waals surface area contributed by atoms with Gasteiger partial charge in [0.15, 0.2) is 5.94 Å². The van der Waals surface area contributed by atoms with E-state index in [1.807, 2.05) is 36.3 Å². The van der Waals surface area contributed by atoms with Crippen LogP contribution >= 0.6 is 0 Å². The van der Waals surface area contributed by atoms with Crippen LogP contribution in [0.1, 0.15) is 24.8 Å². The number of carbonyl (C=O) groups is 2. The highest BCUT2D eigenvalue weighted by molar-refractivity contribution is 6.09. The van der Waals surface area contributed by atoms with Gasteiger partial charge in [-0.3, -0.25) is 9.59 Å². The molecule has 2 aliphatic heterocycles. The summed E-state index contributed by atoms with van der Waals surface area (Å²) in [7, 11) is 1.73. The minimum atomic E-state index is -0.311. The van der Waals surface area contributed by atoms with Crippen molar-refractivity contribution in [2.45, 2.75) is 25.8 Å². The van der Waals surface area contributed by atoms with Crippen molar-refractivity contribution in [2.75, 3.05) is 17.0 Å². The van der Waals surface area contributed by atoms with Gasteiger partial charge < -0.3 is 10.6 Å². The lowest BCUT2D eigenvalue weighted by atomic mass is 10.0. The first-order chi connectivity index (χ1) is 12.6. The van der Waals surface area contributed by atoms with Crippen LogP contribution in [0.15, 0.2) is 36.2 Å². The second-order valence-electron chi connectivity index (χ2n) is 6.44. The van der Waals surface area contributed by atoms with E-state index in [0.29, 0.717) is 18.7 Å². The lowest BCUT2D eigenvalue weighted by Crippen LogP contribution is -2.52. The molecule has 26 heavy (non-hydrogen) atoms. The van der Waals surface area contributed by atoms with Gasteiger partial charge in [0.05, 0.1) is 11.4 Å². The van der Waals surface area contributed by atoms with E-state index in [2.05, 4.69) is 0 Å². The summed E-state index contributed by atoms with van der Waals surface area (Å²) in [5.41, 5.74) is 8.09. The van der Waals surface area contributed by atoms with E-state index in [9.17, 15) is 14.4 Å². The fourth-order valence-corrected chi connectivity index (χ4v) is 3.64. The van der Waals surface area contributed by atoms with Gasteiger partial charge in [0.2, 0.25) is 17.6 Å². The number of nitrogens with zero attached hydrogens (tertiary/aromatic N) is 3. The van der Waals surface area contributed by atoms with Gasteiger partial charge in [0, 0.05) is 31.8 Å². The van der Waals surface area contributed by atoms with Crippen molar-refractivity contribution in [1.29, 1.82) is 0 Å². The SMILES string of the molecule is CN1C(=C=O)N(N2C(=O)CCCC2=O)c2ccc3cc(CN)ccc3c21. The van der Waals surface area contributed by atoms with Crippen molar-refractivity contribution in [3.8, 4) is 0 Å². The van der Waals surface area contributed by atoms with Crippen LogP contribution in [0, 0.1) is 0 Å². The van der Waals surface area contributed by atoms with Gasteiger partial charge >= 0.3 is 0 Å². The molecule has 2 amide bonds. The van der Waals surface area contributed by atoms with Crippen LogP contribution in [-0.2, 0) is 20.9 Å². The van der Waals surface area contributed by atoms with Crippen molar-refractivity contribution in [3.05, 3.63) is 41.7 Å². The molecule has 7 heteroatoms. The summed E-state index contributed by atoms with van der Waals surface area (Å²) < 4.78 is 0. The third-order valence-corrected chi connectivity index (χ3v) is 4.90. The average molecular weight is 350 g/mol. The third kappa shape index (κ3) is 2.22. The van der Waals surface area contributed by atoms with Crippen LogP contribution in [-0.4, -0.2) is 29.8 Å². The van der Waals surface area contributed by atoms with Gasteiger partial charge in [0.1, 0.15) is 0 Å². The molecule has 0 spiro atoms. The minimum Gasteiger partial charge on any atom is -0.326 e. The summed E-state index contributed by atoms with van der Waals surface area (Å²) in [5.74, 6) is 1.39. The molecule has 7 nitrogen and oxygen atoms in total. The van der Waals surface area contributed by atoms with Crippen LogP contribution in [0.3, 0.4) is 0 Å².